The smallest absolute Gasteiger partial charge is 0.236 e. The van der Waals surface area contributed by atoms with Crippen molar-refractivity contribution in [1.82, 2.24) is 5.16 Å². The van der Waals surface area contributed by atoms with Gasteiger partial charge in [0.1, 0.15) is 5.75 Å². The summed E-state index contributed by atoms with van der Waals surface area (Å²) in [5, 5.41) is 6.32. The number of hydrogen-bond donors (Lipinski definition) is 1. The highest BCUT2D eigenvalue weighted by Gasteiger charge is 2.54. The molecule has 0 atom stereocenters. The number of carbonyl (C=O) groups excluding carboxylic acids is 1. The molecule has 1 heterocycles. The van der Waals surface area contributed by atoms with E-state index in [1.165, 1.54) is 0 Å². The van der Waals surface area contributed by atoms with Crippen molar-refractivity contribution in [3.05, 3.63) is 65.6 Å². The molecule has 8 heteroatoms. The number of nitrogens with one attached hydrogen (secondary N) is 1. The van der Waals surface area contributed by atoms with Crippen LogP contribution < -0.4 is 10.1 Å². The minimum Gasteiger partial charge on any atom is -0.497 e. The number of methoxy groups -OCH3 is 1. The van der Waals surface area contributed by atoms with Crippen molar-refractivity contribution in [3.8, 4) is 17.1 Å². The molecule has 1 fully saturated rings. The van der Waals surface area contributed by atoms with Crippen LogP contribution in [0, 0.1) is 17.5 Å². The number of hydrogen-bond acceptors (Lipinski definition) is 4. The fourth-order valence-electron chi connectivity index (χ4n) is 3.00. The largest absolute Gasteiger partial charge is 0.497 e. The van der Waals surface area contributed by atoms with E-state index in [1.54, 1.807) is 31.4 Å². The Labute approximate surface area is 158 Å². The van der Waals surface area contributed by atoms with E-state index in [2.05, 4.69) is 10.5 Å². The predicted molar refractivity (Wildman–Crippen MR) is 94.3 cm³/mol. The summed E-state index contributed by atoms with van der Waals surface area (Å²) in [6, 6.07) is 10.5. The molecule has 1 aliphatic rings. The number of carbonyl (C=O) groups is 1. The maximum absolute atomic E-state index is 13.9. The first-order valence-electron chi connectivity index (χ1n) is 8.51. The second-order valence-electron chi connectivity index (χ2n) is 6.57. The second kappa shape index (κ2) is 6.70. The zero-order valence-corrected chi connectivity index (χ0v) is 14.8. The van der Waals surface area contributed by atoms with Gasteiger partial charge in [0.25, 0.3) is 0 Å². The van der Waals surface area contributed by atoms with E-state index < -0.39 is 34.5 Å². The third-order valence-corrected chi connectivity index (χ3v) is 4.82. The molecule has 2 aromatic carbocycles. The van der Waals surface area contributed by atoms with Gasteiger partial charge in [0.15, 0.2) is 23.2 Å². The van der Waals surface area contributed by atoms with E-state index in [-0.39, 0.29) is 0 Å². The van der Waals surface area contributed by atoms with Crippen LogP contribution in [0.4, 0.5) is 18.9 Å². The third kappa shape index (κ3) is 3.00. The highest BCUT2D eigenvalue weighted by molar-refractivity contribution is 6.01. The number of benzene rings is 2. The Morgan fingerprint density at radius 2 is 1.93 bits per heavy atom. The summed E-state index contributed by atoms with van der Waals surface area (Å²) < 4.78 is 50.9. The van der Waals surface area contributed by atoms with Crippen LogP contribution in [-0.2, 0) is 10.2 Å². The van der Waals surface area contributed by atoms with Crippen LogP contribution in [0.25, 0.3) is 11.3 Å². The number of rotatable bonds is 5. The van der Waals surface area contributed by atoms with Crippen LogP contribution in [0.15, 0.2) is 47.0 Å². The monoisotopic (exact) mass is 388 g/mol. The Morgan fingerprint density at radius 3 is 2.64 bits per heavy atom. The summed E-state index contributed by atoms with van der Waals surface area (Å²) >= 11 is 0. The highest BCUT2D eigenvalue weighted by Crippen LogP contribution is 2.49. The Morgan fingerprint density at radius 1 is 1.14 bits per heavy atom. The number of aromatic nitrogens is 1. The number of amides is 1. The minimum atomic E-state index is -1.63. The lowest BCUT2D eigenvalue weighted by Gasteiger charge is -2.13. The van der Waals surface area contributed by atoms with Crippen LogP contribution in [0.3, 0.4) is 0 Å². The molecule has 0 radical (unpaired) electrons. The van der Waals surface area contributed by atoms with Crippen molar-refractivity contribution in [1.29, 1.82) is 0 Å². The van der Waals surface area contributed by atoms with Gasteiger partial charge in [-0.2, -0.15) is 0 Å². The standard InChI is InChI=1S/C20H15F3N2O3/c1-27-12-4-2-3-11(9-12)15-10-16(25-28-15)20(7-8-20)19(26)24-14-6-5-13(21)17(22)18(14)23/h2-6,9-10H,7-8H2,1H3,(H,24,26). The molecule has 1 N–H and O–H groups in total. The molecule has 0 bridgehead atoms. The zero-order valence-electron chi connectivity index (χ0n) is 14.8. The van der Waals surface area contributed by atoms with E-state index in [4.69, 9.17) is 9.26 Å². The molecule has 28 heavy (non-hydrogen) atoms. The van der Waals surface area contributed by atoms with E-state index in [9.17, 15) is 18.0 Å². The van der Waals surface area contributed by atoms with E-state index in [0.717, 1.165) is 17.7 Å². The SMILES string of the molecule is COc1cccc(-c2cc(C3(C(=O)Nc4ccc(F)c(F)c4F)CC3)no2)c1. The van der Waals surface area contributed by atoms with Gasteiger partial charge < -0.3 is 14.6 Å². The van der Waals surface area contributed by atoms with Crippen LogP contribution in [0.1, 0.15) is 18.5 Å². The first-order valence-corrected chi connectivity index (χ1v) is 8.51. The molecule has 1 aliphatic carbocycles. The molecule has 3 aromatic rings. The van der Waals surface area contributed by atoms with Crippen LogP contribution in [0.5, 0.6) is 5.75 Å². The quantitative estimate of drug-likeness (QED) is 0.657. The average molecular weight is 388 g/mol. The lowest BCUT2D eigenvalue weighted by molar-refractivity contribution is -0.118. The van der Waals surface area contributed by atoms with Crippen LogP contribution >= 0.6 is 0 Å². The lowest BCUT2D eigenvalue weighted by atomic mass is 10.00. The normalized spacial score (nSPS) is 14.6. The molecule has 1 amide bonds. The first-order chi connectivity index (χ1) is 13.4. The van der Waals surface area contributed by atoms with Crippen molar-refractivity contribution in [3.63, 3.8) is 0 Å². The Balaban J connectivity index is 1.59. The van der Waals surface area contributed by atoms with Crippen molar-refractivity contribution >= 4 is 11.6 Å². The topological polar surface area (TPSA) is 64.4 Å². The fourth-order valence-corrected chi connectivity index (χ4v) is 3.00. The number of anilines is 1. The Hall–Kier alpha value is -3.29. The Kier molecular flexibility index (Phi) is 4.33. The van der Waals surface area contributed by atoms with Gasteiger partial charge in [-0.05, 0) is 37.1 Å². The van der Waals surface area contributed by atoms with Crippen molar-refractivity contribution < 1.29 is 27.2 Å². The first kappa shape index (κ1) is 18.1. The van der Waals surface area contributed by atoms with Gasteiger partial charge >= 0.3 is 0 Å². The second-order valence-corrected chi connectivity index (χ2v) is 6.57. The fraction of sp³-hybridized carbons (Fsp3) is 0.200. The number of ether oxygens (including phenoxy) is 1. The van der Waals surface area contributed by atoms with Crippen molar-refractivity contribution in [2.24, 2.45) is 0 Å². The summed E-state index contributed by atoms with van der Waals surface area (Å²) in [6.45, 7) is 0. The van der Waals surface area contributed by atoms with Gasteiger partial charge in [-0.3, -0.25) is 4.79 Å². The summed E-state index contributed by atoms with van der Waals surface area (Å²) in [7, 11) is 1.55. The average Bonchev–Trinajstić information content (AvgIpc) is 3.38. The molecule has 5 nitrogen and oxygen atoms in total. The molecule has 4 rings (SSSR count). The molecule has 0 aliphatic heterocycles. The Bertz CT molecular complexity index is 1060. The molecule has 0 saturated heterocycles. The molecule has 0 unspecified atom stereocenters. The summed E-state index contributed by atoms with van der Waals surface area (Å²) in [4.78, 5) is 12.7. The van der Waals surface area contributed by atoms with Gasteiger partial charge in [-0.1, -0.05) is 17.3 Å². The minimum absolute atomic E-state index is 0.394. The molecule has 1 aromatic heterocycles. The van der Waals surface area contributed by atoms with Crippen molar-refractivity contribution in [2.45, 2.75) is 18.3 Å². The van der Waals surface area contributed by atoms with Gasteiger partial charge in [-0.15, -0.1) is 0 Å². The van der Waals surface area contributed by atoms with Gasteiger partial charge in [0.05, 0.1) is 23.9 Å². The van der Waals surface area contributed by atoms with E-state index in [0.29, 0.717) is 30.0 Å². The molecule has 1 saturated carbocycles. The van der Waals surface area contributed by atoms with Gasteiger partial charge in [-0.25, -0.2) is 13.2 Å². The molecular formula is C20H15F3N2O3. The number of halogens is 3. The summed E-state index contributed by atoms with van der Waals surface area (Å²) in [6.07, 6.45) is 0.961. The third-order valence-electron chi connectivity index (χ3n) is 4.82. The molecule has 0 spiro atoms. The van der Waals surface area contributed by atoms with E-state index in [1.807, 2.05) is 6.07 Å². The zero-order chi connectivity index (χ0) is 19.9. The lowest BCUT2D eigenvalue weighted by Crippen LogP contribution is -2.28. The van der Waals surface area contributed by atoms with Crippen LogP contribution in [-0.4, -0.2) is 18.2 Å². The highest BCUT2D eigenvalue weighted by atomic mass is 19.2. The van der Waals surface area contributed by atoms with Gasteiger partial charge in [0.2, 0.25) is 5.91 Å². The van der Waals surface area contributed by atoms with Gasteiger partial charge in [0, 0.05) is 11.6 Å². The predicted octanol–water partition coefficient (Wildman–Crippen LogP) is 4.44. The maximum Gasteiger partial charge on any atom is 0.236 e. The summed E-state index contributed by atoms with van der Waals surface area (Å²) in [5.74, 6) is -3.86. The number of nitrogens with zero attached hydrogens (tertiary/aromatic N) is 1. The molecule has 144 valence electrons. The van der Waals surface area contributed by atoms with Crippen molar-refractivity contribution in [2.75, 3.05) is 12.4 Å². The maximum atomic E-state index is 13.9. The summed E-state index contributed by atoms with van der Waals surface area (Å²) in [5.41, 5.74) is -0.295. The molecular weight excluding hydrogens is 373 g/mol. The van der Waals surface area contributed by atoms with Crippen LogP contribution in [0.2, 0.25) is 0 Å². The van der Waals surface area contributed by atoms with E-state index >= 15 is 0 Å².